The van der Waals surface area contributed by atoms with Crippen LogP contribution in [0.3, 0.4) is 0 Å². The lowest BCUT2D eigenvalue weighted by atomic mass is 10.4. The molecule has 2 nitrogen and oxygen atoms in total. The van der Waals surface area contributed by atoms with Crippen molar-refractivity contribution < 1.29 is 5.32 Å². The summed E-state index contributed by atoms with van der Waals surface area (Å²) >= 11 is 0. The predicted molar refractivity (Wildman–Crippen MR) is 40.5 cm³/mol. The third-order valence-electron chi connectivity index (χ3n) is 1.40. The maximum atomic E-state index is 2.36. The van der Waals surface area contributed by atoms with Crippen LogP contribution in [0.2, 0.25) is 0 Å². The summed E-state index contributed by atoms with van der Waals surface area (Å²) in [6, 6.07) is 0. The van der Waals surface area contributed by atoms with Gasteiger partial charge in [0.25, 0.3) is 0 Å². The Morgan fingerprint density at radius 3 is 2.44 bits per heavy atom. The van der Waals surface area contributed by atoms with Crippen LogP contribution in [-0.4, -0.2) is 38.6 Å². The van der Waals surface area contributed by atoms with Gasteiger partial charge in [-0.2, -0.15) is 0 Å². The molecule has 56 valence electrons. The van der Waals surface area contributed by atoms with E-state index in [1.807, 2.05) is 0 Å². The minimum absolute atomic E-state index is 1.21. The van der Waals surface area contributed by atoms with Crippen molar-refractivity contribution in [3.63, 3.8) is 0 Å². The van der Waals surface area contributed by atoms with Crippen molar-refractivity contribution in [1.29, 1.82) is 0 Å². The van der Waals surface area contributed by atoms with E-state index in [2.05, 4.69) is 31.2 Å². The highest BCUT2D eigenvalue weighted by atomic mass is 15.1. The molecule has 0 aromatic heterocycles. The molecule has 2 heteroatoms. The average Bonchev–Trinajstić information content (AvgIpc) is 1.85. The van der Waals surface area contributed by atoms with Gasteiger partial charge in [0.1, 0.15) is 0 Å². The molecule has 0 rings (SSSR count). The van der Waals surface area contributed by atoms with E-state index in [1.54, 1.807) is 0 Å². The summed E-state index contributed by atoms with van der Waals surface area (Å²) in [5.41, 5.74) is 0. The summed E-state index contributed by atoms with van der Waals surface area (Å²) in [6.45, 7) is 5.88. The topological polar surface area (TPSA) is 19.9 Å². The smallest absolute Gasteiger partial charge is 0.0882 e. The molecule has 0 amide bonds. The highest BCUT2D eigenvalue weighted by molar-refractivity contribution is 4.45. The number of quaternary nitrogens is 1. The van der Waals surface area contributed by atoms with Gasteiger partial charge in [0.2, 0.25) is 0 Å². The Morgan fingerprint density at radius 2 is 2.00 bits per heavy atom. The largest absolute Gasteiger partial charge is 0.348 e. The summed E-state index contributed by atoms with van der Waals surface area (Å²) in [5, 5.41) is 2.21. The summed E-state index contributed by atoms with van der Waals surface area (Å²) in [5.74, 6) is 0. The summed E-state index contributed by atoms with van der Waals surface area (Å²) in [6.07, 6.45) is 1.26. The van der Waals surface area contributed by atoms with Gasteiger partial charge >= 0.3 is 0 Å². The Morgan fingerprint density at radius 1 is 1.33 bits per heavy atom. The van der Waals surface area contributed by atoms with Gasteiger partial charge in [-0.15, -0.1) is 0 Å². The van der Waals surface area contributed by atoms with Gasteiger partial charge in [-0.05, 0) is 20.0 Å². The summed E-state index contributed by atoms with van der Waals surface area (Å²) in [7, 11) is 4.28. The van der Waals surface area contributed by atoms with Gasteiger partial charge in [-0.25, -0.2) is 0 Å². The molecule has 0 aliphatic carbocycles. The molecule has 0 aromatic carbocycles. The van der Waals surface area contributed by atoms with Crippen LogP contribution in [-0.2, 0) is 0 Å². The molecule has 9 heavy (non-hydrogen) atoms. The molecule has 0 atom stereocenters. The minimum Gasteiger partial charge on any atom is -0.348 e. The summed E-state index contributed by atoms with van der Waals surface area (Å²) < 4.78 is 0. The first-order valence-electron chi connectivity index (χ1n) is 3.77. The van der Waals surface area contributed by atoms with Crippen LogP contribution in [0, 0.1) is 0 Å². The maximum absolute atomic E-state index is 2.36. The molecule has 0 spiro atoms. The van der Waals surface area contributed by atoms with Gasteiger partial charge in [0.05, 0.1) is 13.6 Å². The first-order chi connectivity index (χ1) is 4.31. The molecule has 0 radical (unpaired) electrons. The van der Waals surface area contributed by atoms with Crippen molar-refractivity contribution in [1.82, 2.24) is 4.90 Å². The van der Waals surface area contributed by atoms with E-state index in [1.165, 1.54) is 26.1 Å². The molecule has 0 aliphatic heterocycles. The molecule has 0 unspecified atom stereocenters. The monoisotopic (exact) mass is 131 g/mol. The SMILES string of the molecule is CCCN(C)CC[NH2+]C. The number of rotatable bonds is 5. The number of hydrogen-bond acceptors (Lipinski definition) is 1. The van der Waals surface area contributed by atoms with Crippen LogP contribution in [0.15, 0.2) is 0 Å². The lowest BCUT2D eigenvalue weighted by molar-refractivity contribution is -0.626. The molecule has 0 saturated carbocycles. The first kappa shape index (κ1) is 8.92. The third-order valence-corrected chi connectivity index (χ3v) is 1.40. The first-order valence-corrected chi connectivity index (χ1v) is 3.77. The van der Waals surface area contributed by atoms with Gasteiger partial charge in [0.15, 0.2) is 0 Å². The van der Waals surface area contributed by atoms with Crippen molar-refractivity contribution in [2.45, 2.75) is 13.3 Å². The van der Waals surface area contributed by atoms with E-state index in [0.717, 1.165) is 0 Å². The molecule has 0 saturated heterocycles. The van der Waals surface area contributed by atoms with Crippen molar-refractivity contribution in [3.8, 4) is 0 Å². The number of nitrogens with two attached hydrogens (primary N) is 1. The second kappa shape index (κ2) is 6.05. The van der Waals surface area contributed by atoms with Crippen LogP contribution < -0.4 is 5.32 Å². The van der Waals surface area contributed by atoms with E-state index in [4.69, 9.17) is 0 Å². The number of hydrogen-bond donors (Lipinski definition) is 1. The van der Waals surface area contributed by atoms with E-state index in [0.29, 0.717) is 0 Å². The highest BCUT2D eigenvalue weighted by Crippen LogP contribution is 1.81. The molecular weight excluding hydrogens is 112 g/mol. The summed E-state index contributed by atoms with van der Waals surface area (Å²) in [4.78, 5) is 2.36. The van der Waals surface area contributed by atoms with Crippen LogP contribution in [0.5, 0.6) is 0 Å². The molecule has 0 heterocycles. The van der Waals surface area contributed by atoms with Crippen LogP contribution in [0.4, 0.5) is 0 Å². The second-order valence-electron chi connectivity index (χ2n) is 2.50. The minimum atomic E-state index is 1.21. The van der Waals surface area contributed by atoms with E-state index >= 15 is 0 Å². The second-order valence-corrected chi connectivity index (χ2v) is 2.50. The Kier molecular flexibility index (Phi) is 5.99. The average molecular weight is 131 g/mol. The van der Waals surface area contributed by atoms with Crippen molar-refractivity contribution >= 4 is 0 Å². The Bertz CT molecular complexity index is 54.9. The Balaban J connectivity index is 2.95. The molecule has 0 aliphatic rings. The van der Waals surface area contributed by atoms with Gasteiger partial charge in [-0.3, -0.25) is 0 Å². The van der Waals surface area contributed by atoms with Crippen LogP contribution in [0.25, 0.3) is 0 Å². The molecular formula is C7H19N2+. The highest BCUT2D eigenvalue weighted by Gasteiger charge is 1.93. The van der Waals surface area contributed by atoms with E-state index in [9.17, 15) is 0 Å². The van der Waals surface area contributed by atoms with Crippen LogP contribution >= 0.6 is 0 Å². The van der Waals surface area contributed by atoms with Crippen molar-refractivity contribution in [2.24, 2.45) is 0 Å². The van der Waals surface area contributed by atoms with Gasteiger partial charge in [-0.1, -0.05) is 6.92 Å². The fourth-order valence-electron chi connectivity index (χ4n) is 0.843. The fraction of sp³-hybridized carbons (Fsp3) is 1.00. The van der Waals surface area contributed by atoms with Crippen molar-refractivity contribution in [3.05, 3.63) is 0 Å². The van der Waals surface area contributed by atoms with Gasteiger partial charge in [0, 0.05) is 6.54 Å². The number of likely N-dealkylation sites (N-methyl/N-ethyl adjacent to an activating group) is 2. The standard InChI is InChI=1S/C7H18N2/c1-4-6-9(3)7-5-8-2/h8H,4-7H2,1-3H3/p+1. The molecule has 0 aromatic rings. The molecule has 0 fully saturated rings. The normalized spacial score (nSPS) is 10.7. The van der Waals surface area contributed by atoms with E-state index in [-0.39, 0.29) is 0 Å². The zero-order valence-electron chi connectivity index (χ0n) is 6.85. The Hall–Kier alpha value is -0.0800. The third kappa shape index (κ3) is 5.80. The Labute approximate surface area is 58.2 Å². The number of nitrogens with zero attached hydrogens (tertiary/aromatic N) is 1. The predicted octanol–water partition coefficient (Wildman–Crippen LogP) is -0.479. The molecule has 2 N–H and O–H groups in total. The maximum Gasteiger partial charge on any atom is 0.0882 e. The van der Waals surface area contributed by atoms with Gasteiger partial charge < -0.3 is 10.2 Å². The quantitative estimate of drug-likeness (QED) is 0.534. The zero-order valence-corrected chi connectivity index (χ0v) is 6.85. The van der Waals surface area contributed by atoms with Crippen LogP contribution in [0.1, 0.15) is 13.3 Å². The lowest BCUT2D eigenvalue weighted by Gasteiger charge is -2.12. The van der Waals surface area contributed by atoms with Crippen molar-refractivity contribution in [2.75, 3.05) is 33.7 Å². The molecule has 0 bridgehead atoms. The zero-order chi connectivity index (χ0) is 7.11. The van der Waals surface area contributed by atoms with E-state index < -0.39 is 0 Å². The lowest BCUT2D eigenvalue weighted by Crippen LogP contribution is -2.81. The fourth-order valence-corrected chi connectivity index (χ4v) is 0.843.